The Morgan fingerprint density at radius 2 is 2.14 bits per heavy atom. The van der Waals surface area contributed by atoms with Crippen molar-refractivity contribution in [2.75, 3.05) is 18.0 Å². The lowest BCUT2D eigenvalue weighted by atomic mass is 10.1. The fourth-order valence-corrected chi connectivity index (χ4v) is 3.78. The molecule has 7 heteroatoms. The number of carbonyl (C=O) groups is 2. The van der Waals surface area contributed by atoms with Gasteiger partial charge in [-0.1, -0.05) is 23.7 Å². The average molecular weight is 339 g/mol. The number of anilines is 1. The van der Waals surface area contributed by atoms with E-state index >= 15 is 0 Å². The quantitative estimate of drug-likeness (QED) is 0.627. The van der Waals surface area contributed by atoms with Gasteiger partial charge in [0.25, 0.3) is 0 Å². The van der Waals surface area contributed by atoms with Crippen LogP contribution >= 0.6 is 23.4 Å². The van der Waals surface area contributed by atoms with Crippen molar-refractivity contribution < 1.29 is 14.7 Å². The van der Waals surface area contributed by atoms with Crippen molar-refractivity contribution in [3.63, 3.8) is 0 Å². The van der Waals surface area contributed by atoms with Gasteiger partial charge in [0.15, 0.2) is 5.78 Å². The molecule has 2 saturated heterocycles. The molecular formula is C15H15ClN2O3S. The van der Waals surface area contributed by atoms with E-state index in [4.69, 9.17) is 17.3 Å². The van der Waals surface area contributed by atoms with E-state index in [1.165, 1.54) is 0 Å². The standard InChI is InChI=1S/C15H15ClN2O3S/c16-9-3-1-2-8(4-13-11(19)5-14(21)22-13)15(9)18-6-10(17)12(20)7-18/h1-4,10,12,20H,5-7,17H2/b13-4-/t10-,12-/m0/s1. The normalized spacial score (nSPS) is 27.2. The maximum Gasteiger partial charge on any atom is 0.201 e. The van der Waals surface area contributed by atoms with E-state index in [1.807, 2.05) is 11.0 Å². The van der Waals surface area contributed by atoms with Crippen LogP contribution in [0.4, 0.5) is 5.69 Å². The molecule has 2 aliphatic rings. The number of allylic oxidation sites excluding steroid dienone is 1. The highest BCUT2D eigenvalue weighted by atomic mass is 35.5. The van der Waals surface area contributed by atoms with Gasteiger partial charge >= 0.3 is 0 Å². The van der Waals surface area contributed by atoms with E-state index in [0.29, 0.717) is 23.0 Å². The summed E-state index contributed by atoms with van der Waals surface area (Å²) in [7, 11) is 0. The molecule has 2 atom stereocenters. The molecule has 22 heavy (non-hydrogen) atoms. The summed E-state index contributed by atoms with van der Waals surface area (Å²) in [6, 6.07) is 5.04. The molecule has 2 heterocycles. The molecule has 0 unspecified atom stereocenters. The highest BCUT2D eigenvalue weighted by Gasteiger charge is 2.31. The number of thioether (sulfide) groups is 1. The first-order chi connectivity index (χ1) is 10.5. The zero-order valence-corrected chi connectivity index (χ0v) is 13.2. The van der Waals surface area contributed by atoms with Gasteiger partial charge in [0.1, 0.15) is 0 Å². The van der Waals surface area contributed by atoms with Crippen LogP contribution in [0.5, 0.6) is 0 Å². The van der Waals surface area contributed by atoms with Crippen molar-refractivity contribution in [1.82, 2.24) is 0 Å². The van der Waals surface area contributed by atoms with Crippen molar-refractivity contribution in [1.29, 1.82) is 0 Å². The van der Waals surface area contributed by atoms with Crippen LogP contribution in [0, 0.1) is 0 Å². The van der Waals surface area contributed by atoms with Gasteiger partial charge in [0.05, 0.1) is 28.1 Å². The first kappa shape index (κ1) is 15.6. The number of aliphatic hydroxyl groups is 1. The molecule has 3 N–H and O–H groups in total. The summed E-state index contributed by atoms with van der Waals surface area (Å²) in [4.78, 5) is 25.5. The van der Waals surface area contributed by atoms with Gasteiger partial charge in [-0.3, -0.25) is 9.59 Å². The lowest BCUT2D eigenvalue weighted by Gasteiger charge is -2.22. The zero-order chi connectivity index (χ0) is 15.9. The largest absolute Gasteiger partial charge is 0.390 e. The Bertz CT molecular complexity index is 667. The Kier molecular flexibility index (Phi) is 4.27. The second kappa shape index (κ2) is 6.04. The third-order valence-electron chi connectivity index (χ3n) is 3.76. The number of carbonyl (C=O) groups excluding carboxylic acids is 2. The third kappa shape index (κ3) is 2.92. The zero-order valence-electron chi connectivity index (χ0n) is 11.7. The molecule has 1 aromatic carbocycles. The monoisotopic (exact) mass is 338 g/mol. The van der Waals surface area contributed by atoms with Crippen molar-refractivity contribution in [3.05, 3.63) is 33.7 Å². The van der Waals surface area contributed by atoms with Crippen LogP contribution in [0.2, 0.25) is 5.02 Å². The van der Waals surface area contributed by atoms with Crippen molar-refractivity contribution in [2.45, 2.75) is 18.6 Å². The number of para-hydroxylation sites is 1. The molecule has 0 radical (unpaired) electrons. The van der Waals surface area contributed by atoms with E-state index in [1.54, 1.807) is 18.2 Å². The first-order valence-electron chi connectivity index (χ1n) is 6.88. The number of ketones is 1. The van der Waals surface area contributed by atoms with Gasteiger partial charge in [-0.15, -0.1) is 0 Å². The molecule has 1 aromatic rings. The van der Waals surface area contributed by atoms with Gasteiger partial charge in [0.2, 0.25) is 5.12 Å². The maximum absolute atomic E-state index is 11.8. The van der Waals surface area contributed by atoms with Crippen molar-refractivity contribution in [3.8, 4) is 0 Å². The topological polar surface area (TPSA) is 83.6 Å². The molecule has 0 bridgehead atoms. The minimum absolute atomic E-state index is 0.0559. The number of β-amino-alcohol motifs (C(OH)–C–C–N with tert-alkyl or cyclic N) is 1. The number of halogens is 1. The average Bonchev–Trinajstić information content (AvgIpc) is 2.93. The Morgan fingerprint density at radius 3 is 2.73 bits per heavy atom. The van der Waals surface area contributed by atoms with Gasteiger partial charge in [-0.2, -0.15) is 0 Å². The second-order valence-corrected chi connectivity index (χ2v) is 6.90. The van der Waals surface area contributed by atoms with Crippen molar-refractivity contribution >= 4 is 46.0 Å². The molecule has 3 rings (SSSR count). The van der Waals surface area contributed by atoms with E-state index in [-0.39, 0.29) is 23.4 Å². The van der Waals surface area contributed by atoms with E-state index < -0.39 is 6.10 Å². The number of benzene rings is 1. The maximum atomic E-state index is 11.8. The minimum Gasteiger partial charge on any atom is -0.390 e. The van der Waals surface area contributed by atoms with Crippen LogP contribution in [0.1, 0.15) is 12.0 Å². The fourth-order valence-electron chi connectivity index (χ4n) is 2.66. The summed E-state index contributed by atoms with van der Waals surface area (Å²) in [5, 5.41) is 10.2. The number of hydrogen-bond donors (Lipinski definition) is 2. The number of Topliss-reactive ketones (excluding diaryl/α,β-unsaturated/α-hetero) is 1. The third-order valence-corrected chi connectivity index (χ3v) is 5.00. The summed E-state index contributed by atoms with van der Waals surface area (Å²) in [6.45, 7) is 0.877. The molecule has 0 amide bonds. The SMILES string of the molecule is N[C@H]1CN(c2c(Cl)cccc2/C=C2\SC(=O)CC2=O)C[C@@H]1O. The Morgan fingerprint density at radius 1 is 1.36 bits per heavy atom. The van der Waals surface area contributed by atoms with E-state index in [9.17, 15) is 14.7 Å². The lowest BCUT2D eigenvalue weighted by molar-refractivity contribution is -0.119. The first-order valence-corrected chi connectivity index (χ1v) is 8.08. The molecule has 0 spiro atoms. The number of rotatable bonds is 2. The minimum atomic E-state index is -0.610. The summed E-state index contributed by atoms with van der Waals surface area (Å²) >= 11 is 7.27. The second-order valence-electron chi connectivity index (χ2n) is 5.40. The molecule has 0 saturated carbocycles. The van der Waals surface area contributed by atoms with Crippen LogP contribution in [-0.4, -0.2) is 41.2 Å². The summed E-state index contributed by atoms with van der Waals surface area (Å²) in [5.41, 5.74) is 7.34. The fraction of sp³-hybridized carbons (Fsp3) is 0.333. The molecular weight excluding hydrogens is 324 g/mol. The van der Waals surface area contributed by atoms with Gasteiger partial charge < -0.3 is 15.7 Å². The highest BCUT2D eigenvalue weighted by molar-refractivity contribution is 8.18. The number of nitrogens with two attached hydrogens (primary N) is 1. The lowest BCUT2D eigenvalue weighted by Crippen LogP contribution is -2.32. The van der Waals surface area contributed by atoms with E-state index in [2.05, 4.69) is 0 Å². The smallest absolute Gasteiger partial charge is 0.201 e. The van der Waals surface area contributed by atoms with Crippen LogP contribution in [0.15, 0.2) is 23.1 Å². The van der Waals surface area contributed by atoms with Crippen LogP contribution in [-0.2, 0) is 9.59 Å². The summed E-state index contributed by atoms with van der Waals surface area (Å²) in [5.74, 6) is -0.168. The van der Waals surface area contributed by atoms with Crippen LogP contribution in [0.3, 0.4) is 0 Å². The number of hydrogen-bond acceptors (Lipinski definition) is 6. The number of nitrogens with zero attached hydrogens (tertiary/aromatic N) is 1. The molecule has 116 valence electrons. The van der Waals surface area contributed by atoms with Gasteiger partial charge in [0, 0.05) is 24.7 Å². The number of aliphatic hydroxyl groups excluding tert-OH is 1. The summed E-state index contributed by atoms with van der Waals surface area (Å²) in [6.07, 6.45) is 1.02. The highest BCUT2D eigenvalue weighted by Crippen LogP contribution is 2.37. The predicted molar refractivity (Wildman–Crippen MR) is 87.8 cm³/mol. The molecule has 5 nitrogen and oxygen atoms in total. The molecule has 0 aliphatic carbocycles. The van der Waals surface area contributed by atoms with Gasteiger partial charge in [-0.05, 0) is 23.9 Å². The Labute approximate surface area is 137 Å². The molecule has 2 fully saturated rings. The van der Waals surface area contributed by atoms with E-state index in [0.717, 1.165) is 23.0 Å². The Hall–Kier alpha value is -1.34. The van der Waals surface area contributed by atoms with Crippen LogP contribution in [0.25, 0.3) is 6.08 Å². The molecule has 2 aliphatic heterocycles. The van der Waals surface area contributed by atoms with Gasteiger partial charge in [-0.25, -0.2) is 0 Å². The Balaban J connectivity index is 1.99. The summed E-state index contributed by atoms with van der Waals surface area (Å²) < 4.78 is 0. The van der Waals surface area contributed by atoms with Crippen LogP contribution < -0.4 is 10.6 Å². The predicted octanol–water partition coefficient (Wildman–Crippen LogP) is 1.42. The molecule has 0 aromatic heterocycles. The van der Waals surface area contributed by atoms with Crippen molar-refractivity contribution in [2.24, 2.45) is 5.73 Å².